The predicted molar refractivity (Wildman–Crippen MR) is 137 cm³/mol. The number of benzene rings is 2. The van der Waals surface area contributed by atoms with Gasteiger partial charge >= 0.3 is 6.18 Å². The van der Waals surface area contributed by atoms with Gasteiger partial charge in [-0.25, -0.2) is 0 Å². The molecule has 1 fully saturated rings. The number of amides is 2. The number of rotatable bonds is 4. The molecule has 1 saturated heterocycles. The Morgan fingerprint density at radius 1 is 1.06 bits per heavy atom. The number of pyridine rings is 1. The average Bonchev–Trinajstić information content (AvgIpc) is 3.33. The standard InChI is InChI=1S/C25H20Cl2F3N3O2S/c1-14-11-16(26)13-19(24(35)33-36-9-2-3-10-36)21(14)32-23(34)17-7-6-15(25(28,29)30)12-18(17)22-20(27)5-4-8-31-22/h4-8,11-13H,2-3,9-10H2,1H3,(H,32,34). The molecule has 0 saturated carbocycles. The molecule has 0 spiro atoms. The first-order valence-electron chi connectivity index (χ1n) is 10.9. The van der Waals surface area contributed by atoms with Crippen LogP contribution in [0.15, 0.2) is 53.0 Å². The molecule has 0 bridgehead atoms. The Balaban J connectivity index is 1.78. The van der Waals surface area contributed by atoms with Gasteiger partial charge < -0.3 is 5.32 Å². The van der Waals surface area contributed by atoms with E-state index in [-0.39, 0.29) is 43.8 Å². The van der Waals surface area contributed by atoms with E-state index in [1.807, 2.05) is 0 Å². The monoisotopic (exact) mass is 553 g/mol. The van der Waals surface area contributed by atoms with E-state index in [0.29, 0.717) is 10.6 Å². The maximum absolute atomic E-state index is 13.4. The van der Waals surface area contributed by atoms with Crippen LogP contribution in [0.3, 0.4) is 0 Å². The molecule has 2 amide bonds. The van der Waals surface area contributed by atoms with Crippen LogP contribution < -0.4 is 5.32 Å². The number of anilines is 1. The molecular formula is C25H20Cl2F3N3O2S. The van der Waals surface area contributed by atoms with Crippen molar-refractivity contribution >= 4 is 51.4 Å². The van der Waals surface area contributed by atoms with Gasteiger partial charge in [-0.2, -0.15) is 17.5 Å². The summed E-state index contributed by atoms with van der Waals surface area (Å²) in [6, 6.07) is 8.72. The van der Waals surface area contributed by atoms with Crippen LogP contribution in [0.2, 0.25) is 10.0 Å². The molecule has 0 aliphatic carbocycles. The summed E-state index contributed by atoms with van der Waals surface area (Å²) in [6.45, 7) is 1.67. The number of nitrogens with one attached hydrogen (secondary N) is 1. The van der Waals surface area contributed by atoms with Crippen LogP contribution in [0.1, 0.15) is 44.7 Å². The number of carbonyl (C=O) groups excluding carboxylic acids is 2. The van der Waals surface area contributed by atoms with Crippen molar-refractivity contribution in [2.45, 2.75) is 25.9 Å². The molecule has 5 nitrogen and oxygen atoms in total. The van der Waals surface area contributed by atoms with Gasteiger partial charge in [0.15, 0.2) is 0 Å². The van der Waals surface area contributed by atoms with E-state index in [1.54, 1.807) is 13.0 Å². The summed E-state index contributed by atoms with van der Waals surface area (Å²) in [5.74, 6) is 0.448. The fourth-order valence-corrected chi connectivity index (χ4v) is 6.14. The maximum Gasteiger partial charge on any atom is 0.416 e. The SMILES string of the molecule is Cc1cc(Cl)cc(C(=O)N=S2CCCC2)c1NC(=O)c1ccc(C(F)(F)F)cc1-c1ncccc1Cl. The fraction of sp³-hybridized carbons (Fsp3) is 0.240. The summed E-state index contributed by atoms with van der Waals surface area (Å²) in [7, 11) is -0.380. The van der Waals surface area contributed by atoms with Crippen LogP contribution in [0.5, 0.6) is 0 Å². The summed E-state index contributed by atoms with van der Waals surface area (Å²) in [5.41, 5.74) is -0.289. The first-order chi connectivity index (χ1) is 17.0. The molecule has 0 atom stereocenters. The zero-order valence-corrected chi connectivity index (χ0v) is 21.3. The fourth-order valence-electron chi connectivity index (χ4n) is 3.85. The van der Waals surface area contributed by atoms with Crippen molar-refractivity contribution in [2.24, 2.45) is 4.36 Å². The molecule has 3 aromatic rings. The molecule has 1 N–H and O–H groups in total. The lowest BCUT2D eigenvalue weighted by Gasteiger charge is -2.16. The van der Waals surface area contributed by atoms with Crippen LogP contribution in [0.25, 0.3) is 11.3 Å². The Morgan fingerprint density at radius 3 is 2.44 bits per heavy atom. The van der Waals surface area contributed by atoms with Crippen molar-refractivity contribution in [3.63, 3.8) is 0 Å². The van der Waals surface area contributed by atoms with E-state index in [4.69, 9.17) is 23.2 Å². The molecule has 0 radical (unpaired) electrons. The molecule has 1 aliphatic rings. The van der Waals surface area contributed by atoms with E-state index < -0.39 is 23.6 Å². The normalized spacial score (nSPS) is 14.1. The van der Waals surface area contributed by atoms with E-state index in [9.17, 15) is 22.8 Å². The predicted octanol–water partition coefficient (Wildman–Crippen LogP) is 7.37. The van der Waals surface area contributed by atoms with Crippen LogP contribution in [-0.2, 0) is 16.9 Å². The van der Waals surface area contributed by atoms with E-state index in [0.717, 1.165) is 42.5 Å². The largest absolute Gasteiger partial charge is 0.416 e. The van der Waals surface area contributed by atoms with Gasteiger partial charge in [0.25, 0.3) is 11.8 Å². The summed E-state index contributed by atoms with van der Waals surface area (Å²) in [6.07, 6.45) is -1.26. The van der Waals surface area contributed by atoms with Crippen molar-refractivity contribution in [1.82, 2.24) is 4.98 Å². The second-order valence-corrected chi connectivity index (χ2v) is 10.9. The van der Waals surface area contributed by atoms with Crippen LogP contribution >= 0.6 is 23.2 Å². The number of aromatic nitrogens is 1. The molecule has 1 aliphatic heterocycles. The van der Waals surface area contributed by atoms with Gasteiger partial charge in [0.1, 0.15) is 0 Å². The van der Waals surface area contributed by atoms with Crippen LogP contribution in [0, 0.1) is 6.92 Å². The van der Waals surface area contributed by atoms with E-state index >= 15 is 0 Å². The summed E-state index contributed by atoms with van der Waals surface area (Å²) >= 11 is 12.4. The highest BCUT2D eigenvalue weighted by Crippen LogP contribution is 2.36. The minimum Gasteiger partial charge on any atom is -0.321 e. The van der Waals surface area contributed by atoms with Crippen molar-refractivity contribution < 1.29 is 22.8 Å². The zero-order chi connectivity index (χ0) is 26.0. The molecule has 4 rings (SSSR count). The smallest absolute Gasteiger partial charge is 0.321 e. The van der Waals surface area contributed by atoms with Gasteiger partial charge in [-0.1, -0.05) is 33.9 Å². The minimum atomic E-state index is -4.64. The van der Waals surface area contributed by atoms with Gasteiger partial charge in [0.2, 0.25) is 0 Å². The molecule has 2 aromatic carbocycles. The topological polar surface area (TPSA) is 71.4 Å². The van der Waals surface area contributed by atoms with Gasteiger partial charge in [-0.3, -0.25) is 14.6 Å². The van der Waals surface area contributed by atoms with Crippen LogP contribution in [0.4, 0.5) is 18.9 Å². The Bertz CT molecular complexity index is 1390. The number of carbonyl (C=O) groups is 2. The van der Waals surface area contributed by atoms with Crippen molar-refractivity contribution in [3.8, 4) is 11.3 Å². The first-order valence-corrected chi connectivity index (χ1v) is 13.2. The second kappa shape index (κ2) is 10.7. The highest BCUT2D eigenvalue weighted by atomic mass is 35.5. The molecule has 11 heteroatoms. The lowest BCUT2D eigenvalue weighted by molar-refractivity contribution is -0.137. The Kier molecular flexibility index (Phi) is 7.82. The molecular weight excluding hydrogens is 534 g/mol. The number of hydrogen-bond acceptors (Lipinski definition) is 3. The zero-order valence-electron chi connectivity index (χ0n) is 19.0. The first kappa shape index (κ1) is 26.3. The van der Waals surface area contributed by atoms with Crippen molar-refractivity contribution in [2.75, 3.05) is 16.8 Å². The number of alkyl halides is 3. The lowest BCUT2D eigenvalue weighted by Crippen LogP contribution is -2.18. The quantitative estimate of drug-likeness (QED) is 0.366. The molecule has 2 heterocycles. The lowest BCUT2D eigenvalue weighted by atomic mass is 9.99. The third kappa shape index (κ3) is 5.79. The van der Waals surface area contributed by atoms with Gasteiger partial charge in [0, 0.05) is 33.9 Å². The number of aryl methyl sites for hydroxylation is 1. The molecule has 0 unspecified atom stereocenters. The number of hydrogen-bond donors (Lipinski definition) is 1. The van der Waals surface area contributed by atoms with Crippen LogP contribution in [-0.4, -0.2) is 28.3 Å². The summed E-state index contributed by atoms with van der Waals surface area (Å²) in [4.78, 5) is 30.5. The molecule has 188 valence electrons. The Morgan fingerprint density at radius 2 is 1.78 bits per heavy atom. The van der Waals surface area contributed by atoms with Crippen molar-refractivity contribution in [1.29, 1.82) is 0 Å². The average molecular weight is 554 g/mol. The van der Waals surface area contributed by atoms with E-state index in [1.165, 1.54) is 24.4 Å². The molecule has 1 aromatic heterocycles. The highest BCUT2D eigenvalue weighted by molar-refractivity contribution is 7.87. The highest BCUT2D eigenvalue weighted by Gasteiger charge is 2.32. The Hall–Kier alpha value is -2.75. The third-order valence-corrected chi connectivity index (χ3v) is 8.06. The number of nitrogens with zero attached hydrogens (tertiary/aromatic N) is 2. The van der Waals surface area contributed by atoms with Gasteiger partial charge in [-0.15, -0.1) is 0 Å². The Labute approximate surface area is 218 Å². The van der Waals surface area contributed by atoms with E-state index in [2.05, 4.69) is 14.7 Å². The minimum absolute atomic E-state index is 0.0250. The maximum atomic E-state index is 13.4. The van der Waals surface area contributed by atoms with Gasteiger partial charge in [-0.05, 0) is 67.8 Å². The second-order valence-electron chi connectivity index (χ2n) is 8.17. The third-order valence-electron chi connectivity index (χ3n) is 5.60. The molecule has 36 heavy (non-hydrogen) atoms. The summed E-state index contributed by atoms with van der Waals surface area (Å²) in [5, 5.41) is 3.07. The summed E-state index contributed by atoms with van der Waals surface area (Å²) < 4.78 is 44.7. The number of halogens is 5. The van der Waals surface area contributed by atoms with Gasteiger partial charge in [0.05, 0.1) is 27.5 Å². The van der Waals surface area contributed by atoms with Crippen molar-refractivity contribution in [3.05, 3.63) is 81.0 Å².